The summed E-state index contributed by atoms with van der Waals surface area (Å²) in [5, 5.41) is 3.21. The molecule has 0 unspecified atom stereocenters. The Labute approximate surface area is 159 Å². The Balaban J connectivity index is 1.30. The molecule has 0 saturated carbocycles. The fraction of sp³-hybridized carbons (Fsp3) is 0.174. The molecule has 0 fully saturated rings. The summed E-state index contributed by atoms with van der Waals surface area (Å²) in [7, 11) is 0. The first-order valence-corrected chi connectivity index (χ1v) is 9.19. The van der Waals surface area contributed by atoms with E-state index in [2.05, 4.69) is 23.5 Å². The maximum Gasteiger partial charge on any atom is 0.242 e. The molecule has 0 atom stereocenters. The third-order valence-corrected chi connectivity index (χ3v) is 4.76. The molecule has 1 heterocycles. The van der Waals surface area contributed by atoms with Crippen molar-refractivity contribution in [1.29, 1.82) is 0 Å². The van der Waals surface area contributed by atoms with Crippen LogP contribution in [0.1, 0.15) is 11.1 Å². The normalized spacial score (nSPS) is 13.0. The second-order valence-electron chi connectivity index (χ2n) is 6.63. The number of carbonyl (C=O) groups excluding carboxylic acids is 1. The Kier molecular flexibility index (Phi) is 5.06. The van der Waals surface area contributed by atoms with Crippen LogP contribution in [0, 0.1) is 0 Å². The zero-order valence-electron chi connectivity index (χ0n) is 15.1. The summed E-state index contributed by atoms with van der Waals surface area (Å²) >= 11 is 0. The number of para-hydroxylation sites is 1. The van der Waals surface area contributed by atoms with Crippen molar-refractivity contribution in [2.75, 3.05) is 18.4 Å². The van der Waals surface area contributed by atoms with E-state index < -0.39 is 0 Å². The van der Waals surface area contributed by atoms with E-state index >= 15 is 0 Å². The lowest BCUT2D eigenvalue weighted by atomic mass is 10.00. The molecule has 0 aromatic heterocycles. The first kappa shape index (κ1) is 17.2. The van der Waals surface area contributed by atoms with Crippen LogP contribution in [0.15, 0.2) is 78.9 Å². The van der Waals surface area contributed by atoms with Crippen molar-refractivity contribution in [3.8, 4) is 11.5 Å². The van der Waals surface area contributed by atoms with Crippen molar-refractivity contribution >= 4 is 11.6 Å². The van der Waals surface area contributed by atoms with Crippen LogP contribution in [0.3, 0.4) is 0 Å². The van der Waals surface area contributed by atoms with Gasteiger partial charge in [0.1, 0.15) is 11.5 Å². The van der Waals surface area contributed by atoms with Gasteiger partial charge in [-0.15, -0.1) is 0 Å². The zero-order valence-corrected chi connectivity index (χ0v) is 15.1. The van der Waals surface area contributed by atoms with Crippen LogP contribution < -0.4 is 10.1 Å². The SMILES string of the molecule is O=C(CNc1ccc(Oc2ccccc2)cc1)N1CCc2ccccc2C1. The second kappa shape index (κ2) is 7.96. The van der Waals surface area contributed by atoms with Crippen LogP contribution in [-0.2, 0) is 17.8 Å². The summed E-state index contributed by atoms with van der Waals surface area (Å²) in [6.45, 7) is 1.77. The van der Waals surface area contributed by atoms with Gasteiger partial charge in [0.05, 0.1) is 6.54 Å². The number of ether oxygens (including phenoxy) is 1. The van der Waals surface area contributed by atoms with Crippen LogP contribution in [0.5, 0.6) is 11.5 Å². The first-order chi connectivity index (χ1) is 13.3. The monoisotopic (exact) mass is 358 g/mol. The molecule has 0 radical (unpaired) electrons. The minimum atomic E-state index is 0.120. The number of anilines is 1. The van der Waals surface area contributed by atoms with Crippen molar-refractivity contribution in [1.82, 2.24) is 4.90 Å². The summed E-state index contributed by atoms with van der Waals surface area (Å²) in [5.41, 5.74) is 3.50. The Morgan fingerprint density at radius 1 is 0.852 bits per heavy atom. The summed E-state index contributed by atoms with van der Waals surface area (Å²) in [6.07, 6.45) is 0.924. The zero-order chi connectivity index (χ0) is 18.5. The maximum absolute atomic E-state index is 12.5. The van der Waals surface area contributed by atoms with Crippen molar-refractivity contribution < 1.29 is 9.53 Å². The molecule has 136 valence electrons. The molecule has 3 aromatic carbocycles. The van der Waals surface area contributed by atoms with Gasteiger partial charge in [-0.1, -0.05) is 42.5 Å². The average molecular weight is 358 g/mol. The molecule has 0 bridgehead atoms. The Morgan fingerprint density at radius 2 is 1.52 bits per heavy atom. The Morgan fingerprint density at radius 3 is 2.30 bits per heavy atom. The van der Waals surface area contributed by atoms with E-state index in [1.54, 1.807) is 0 Å². The summed E-state index contributed by atoms with van der Waals surface area (Å²) in [4.78, 5) is 14.4. The van der Waals surface area contributed by atoms with Gasteiger partial charge in [-0.3, -0.25) is 4.79 Å². The molecule has 0 spiro atoms. The van der Waals surface area contributed by atoms with Gasteiger partial charge >= 0.3 is 0 Å². The quantitative estimate of drug-likeness (QED) is 0.731. The highest BCUT2D eigenvalue weighted by Gasteiger charge is 2.19. The maximum atomic E-state index is 12.5. The molecule has 4 heteroatoms. The number of rotatable bonds is 5. The largest absolute Gasteiger partial charge is 0.457 e. The van der Waals surface area contributed by atoms with Crippen molar-refractivity contribution in [2.45, 2.75) is 13.0 Å². The lowest BCUT2D eigenvalue weighted by Gasteiger charge is -2.29. The molecule has 1 N–H and O–H groups in total. The van der Waals surface area contributed by atoms with E-state index in [0.29, 0.717) is 13.1 Å². The number of benzene rings is 3. The van der Waals surface area contributed by atoms with Crippen LogP contribution in [-0.4, -0.2) is 23.9 Å². The highest BCUT2D eigenvalue weighted by molar-refractivity contribution is 5.81. The summed E-state index contributed by atoms with van der Waals surface area (Å²) in [5.74, 6) is 1.69. The van der Waals surface area contributed by atoms with Gasteiger partial charge in [0.15, 0.2) is 0 Å². The summed E-state index contributed by atoms with van der Waals surface area (Å²) in [6, 6.07) is 25.7. The fourth-order valence-electron chi connectivity index (χ4n) is 3.26. The van der Waals surface area contributed by atoms with Crippen LogP contribution in [0.2, 0.25) is 0 Å². The van der Waals surface area contributed by atoms with Crippen LogP contribution >= 0.6 is 0 Å². The number of fused-ring (bicyclic) bond motifs is 1. The van der Waals surface area contributed by atoms with Crippen molar-refractivity contribution in [3.05, 3.63) is 90.0 Å². The number of amides is 1. The average Bonchev–Trinajstić information content (AvgIpc) is 2.73. The lowest BCUT2D eigenvalue weighted by Crippen LogP contribution is -2.39. The predicted octanol–water partition coefficient (Wildman–Crippen LogP) is 4.48. The Hall–Kier alpha value is -3.27. The molecule has 4 nitrogen and oxygen atoms in total. The molecule has 4 rings (SSSR count). The highest BCUT2D eigenvalue weighted by atomic mass is 16.5. The van der Waals surface area contributed by atoms with E-state index in [4.69, 9.17) is 4.74 Å². The Bertz CT molecular complexity index is 907. The van der Waals surface area contributed by atoms with E-state index in [9.17, 15) is 4.79 Å². The molecule has 27 heavy (non-hydrogen) atoms. The second-order valence-corrected chi connectivity index (χ2v) is 6.63. The smallest absolute Gasteiger partial charge is 0.242 e. The molecular formula is C23H22N2O2. The van der Waals surface area contributed by atoms with Crippen LogP contribution in [0.25, 0.3) is 0 Å². The third-order valence-electron chi connectivity index (χ3n) is 4.76. The van der Waals surface area contributed by atoms with Gasteiger partial charge < -0.3 is 15.0 Å². The van der Waals surface area contributed by atoms with E-state index in [0.717, 1.165) is 30.2 Å². The van der Waals surface area contributed by atoms with E-state index in [1.807, 2.05) is 65.6 Å². The number of nitrogens with one attached hydrogen (secondary N) is 1. The molecule has 1 aliphatic heterocycles. The van der Waals surface area contributed by atoms with Crippen molar-refractivity contribution in [2.24, 2.45) is 0 Å². The molecular weight excluding hydrogens is 336 g/mol. The molecule has 1 amide bonds. The number of nitrogens with zero attached hydrogens (tertiary/aromatic N) is 1. The minimum absolute atomic E-state index is 0.120. The predicted molar refractivity (Wildman–Crippen MR) is 107 cm³/mol. The van der Waals surface area contributed by atoms with Gasteiger partial charge in [0.25, 0.3) is 0 Å². The van der Waals surface area contributed by atoms with Crippen molar-refractivity contribution in [3.63, 3.8) is 0 Å². The third kappa shape index (κ3) is 4.29. The fourth-order valence-corrected chi connectivity index (χ4v) is 3.26. The molecule has 0 saturated heterocycles. The molecule has 0 aliphatic carbocycles. The summed E-state index contributed by atoms with van der Waals surface area (Å²) < 4.78 is 5.78. The van der Waals surface area contributed by atoms with Gasteiger partial charge in [-0.25, -0.2) is 0 Å². The topological polar surface area (TPSA) is 41.6 Å². The minimum Gasteiger partial charge on any atom is -0.457 e. The highest BCUT2D eigenvalue weighted by Crippen LogP contribution is 2.23. The van der Waals surface area contributed by atoms with E-state index in [1.165, 1.54) is 11.1 Å². The lowest BCUT2D eigenvalue weighted by molar-refractivity contribution is -0.130. The first-order valence-electron chi connectivity index (χ1n) is 9.19. The number of hydrogen-bond donors (Lipinski definition) is 1. The van der Waals surface area contributed by atoms with Crippen LogP contribution in [0.4, 0.5) is 5.69 Å². The number of carbonyl (C=O) groups is 1. The van der Waals surface area contributed by atoms with Gasteiger partial charge in [-0.2, -0.15) is 0 Å². The molecule has 3 aromatic rings. The number of hydrogen-bond acceptors (Lipinski definition) is 3. The van der Waals surface area contributed by atoms with Gasteiger partial charge in [-0.05, 0) is 53.9 Å². The van der Waals surface area contributed by atoms with E-state index in [-0.39, 0.29) is 5.91 Å². The standard InChI is InChI=1S/C23H22N2O2/c26-23(25-15-14-18-6-4-5-7-19(18)17-25)16-24-20-10-12-22(13-11-20)27-21-8-2-1-3-9-21/h1-13,24H,14-17H2. The van der Waals surface area contributed by atoms with Gasteiger partial charge in [0, 0.05) is 18.8 Å². The molecule has 1 aliphatic rings. The van der Waals surface area contributed by atoms with Gasteiger partial charge in [0.2, 0.25) is 5.91 Å².